The molecule has 0 radical (unpaired) electrons. The molecule has 41 heavy (non-hydrogen) atoms. The van der Waals surface area contributed by atoms with Crippen molar-refractivity contribution >= 4 is 46.7 Å². The highest BCUT2D eigenvalue weighted by atomic mass is 35.5. The number of anilines is 2. The van der Waals surface area contributed by atoms with Gasteiger partial charge in [-0.15, -0.1) is 0 Å². The van der Waals surface area contributed by atoms with Gasteiger partial charge in [-0.25, -0.2) is 4.79 Å². The number of alkyl halides is 3. The second-order valence-corrected chi connectivity index (χ2v) is 9.79. The van der Waals surface area contributed by atoms with Crippen LogP contribution >= 0.6 is 11.6 Å². The third-order valence-corrected chi connectivity index (χ3v) is 6.47. The SMILES string of the molecule is C=C(Oc1ccc(NC(=O)Nc2ccc(Cl)c(C(F)(F)F)c2)cc1)c1cc(OC)c(OCC2(N)CC2)cc1N=CC. The molecule has 0 atom stereocenters. The number of carbonyl (C=O) groups excluding carboxylic acids is 1. The van der Waals surface area contributed by atoms with Gasteiger partial charge >= 0.3 is 12.2 Å². The molecule has 216 valence electrons. The summed E-state index contributed by atoms with van der Waals surface area (Å²) < 4.78 is 56.6. The molecule has 0 spiro atoms. The van der Waals surface area contributed by atoms with Crippen LogP contribution in [0.3, 0.4) is 0 Å². The van der Waals surface area contributed by atoms with Crippen molar-refractivity contribution in [2.24, 2.45) is 10.7 Å². The molecule has 4 rings (SSSR count). The Kier molecular flexibility index (Phi) is 8.79. The van der Waals surface area contributed by atoms with Gasteiger partial charge in [0.15, 0.2) is 11.5 Å². The molecule has 12 heteroatoms. The van der Waals surface area contributed by atoms with Crippen LogP contribution in [0.1, 0.15) is 30.9 Å². The summed E-state index contributed by atoms with van der Waals surface area (Å²) in [4.78, 5) is 16.8. The van der Waals surface area contributed by atoms with Crippen molar-refractivity contribution in [3.8, 4) is 17.2 Å². The van der Waals surface area contributed by atoms with Gasteiger partial charge < -0.3 is 30.6 Å². The van der Waals surface area contributed by atoms with E-state index in [0.29, 0.717) is 40.8 Å². The van der Waals surface area contributed by atoms with Gasteiger partial charge in [0.25, 0.3) is 0 Å². The quantitative estimate of drug-likeness (QED) is 0.166. The van der Waals surface area contributed by atoms with Crippen LogP contribution < -0.4 is 30.6 Å². The maximum absolute atomic E-state index is 13.1. The van der Waals surface area contributed by atoms with Gasteiger partial charge in [0, 0.05) is 29.2 Å². The van der Waals surface area contributed by atoms with Crippen LogP contribution in [0.25, 0.3) is 5.76 Å². The van der Waals surface area contributed by atoms with Crippen molar-refractivity contribution in [1.29, 1.82) is 0 Å². The molecule has 8 nitrogen and oxygen atoms in total. The maximum atomic E-state index is 13.1. The Morgan fingerprint density at radius 2 is 1.76 bits per heavy atom. The summed E-state index contributed by atoms with van der Waals surface area (Å²) in [7, 11) is 1.53. The molecule has 1 aliphatic carbocycles. The highest BCUT2D eigenvalue weighted by molar-refractivity contribution is 6.31. The molecule has 0 aromatic heterocycles. The number of carbonyl (C=O) groups is 1. The van der Waals surface area contributed by atoms with Gasteiger partial charge in [-0.2, -0.15) is 13.2 Å². The first-order chi connectivity index (χ1) is 19.4. The number of aliphatic imine (C=N–C) groups is 1. The van der Waals surface area contributed by atoms with E-state index in [1.54, 1.807) is 49.5 Å². The number of ether oxygens (including phenoxy) is 3. The number of rotatable bonds is 10. The van der Waals surface area contributed by atoms with Crippen LogP contribution in [-0.4, -0.2) is 31.5 Å². The van der Waals surface area contributed by atoms with E-state index < -0.39 is 22.8 Å². The molecular formula is C29H28ClF3N4O4. The van der Waals surface area contributed by atoms with E-state index in [2.05, 4.69) is 22.2 Å². The molecular weight excluding hydrogens is 561 g/mol. The number of hydrogen-bond acceptors (Lipinski definition) is 6. The third-order valence-electron chi connectivity index (χ3n) is 6.14. The first kappa shape index (κ1) is 29.8. The highest BCUT2D eigenvalue weighted by Gasteiger charge is 2.39. The lowest BCUT2D eigenvalue weighted by atomic mass is 10.1. The molecule has 0 saturated heterocycles. The predicted octanol–water partition coefficient (Wildman–Crippen LogP) is 7.65. The van der Waals surface area contributed by atoms with Gasteiger partial charge in [-0.3, -0.25) is 4.99 Å². The average Bonchev–Trinajstić information content (AvgIpc) is 3.66. The first-order valence-electron chi connectivity index (χ1n) is 12.4. The summed E-state index contributed by atoms with van der Waals surface area (Å²) in [6, 6.07) is 12.1. The van der Waals surface area contributed by atoms with Crippen LogP contribution in [0, 0.1) is 0 Å². The molecule has 1 fully saturated rings. The zero-order valence-electron chi connectivity index (χ0n) is 22.3. The molecule has 3 aromatic carbocycles. The summed E-state index contributed by atoms with van der Waals surface area (Å²) in [5.74, 6) is 1.67. The number of hydrogen-bond donors (Lipinski definition) is 3. The van der Waals surface area contributed by atoms with E-state index in [-0.39, 0.29) is 17.0 Å². The Morgan fingerprint density at radius 1 is 1.10 bits per heavy atom. The number of benzene rings is 3. The maximum Gasteiger partial charge on any atom is 0.417 e. The Labute approximate surface area is 240 Å². The molecule has 0 aliphatic heterocycles. The Hall–Kier alpha value is -4.22. The highest BCUT2D eigenvalue weighted by Crippen LogP contribution is 2.41. The topological polar surface area (TPSA) is 107 Å². The third kappa shape index (κ3) is 7.71. The van der Waals surface area contributed by atoms with Crippen molar-refractivity contribution in [3.63, 3.8) is 0 Å². The summed E-state index contributed by atoms with van der Waals surface area (Å²) in [6.07, 6.45) is -1.21. The first-order valence-corrected chi connectivity index (χ1v) is 12.8. The van der Waals surface area contributed by atoms with Crippen LogP contribution in [-0.2, 0) is 6.18 Å². The average molecular weight is 589 g/mol. The summed E-state index contributed by atoms with van der Waals surface area (Å²) in [6.45, 7) is 6.17. The Balaban J connectivity index is 1.42. The number of amides is 2. The monoisotopic (exact) mass is 588 g/mol. The van der Waals surface area contributed by atoms with Crippen LogP contribution in [0.4, 0.5) is 35.0 Å². The van der Waals surface area contributed by atoms with Crippen molar-refractivity contribution in [2.75, 3.05) is 24.4 Å². The normalized spacial score (nSPS) is 13.9. The van der Waals surface area contributed by atoms with E-state index in [9.17, 15) is 18.0 Å². The number of nitrogens with zero attached hydrogens (tertiary/aromatic N) is 1. The zero-order chi connectivity index (χ0) is 29.8. The minimum absolute atomic E-state index is 0.0667. The van der Waals surface area contributed by atoms with E-state index >= 15 is 0 Å². The number of urea groups is 1. The fourth-order valence-electron chi connectivity index (χ4n) is 3.73. The van der Waals surface area contributed by atoms with Crippen molar-refractivity contribution < 1.29 is 32.2 Å². The molecule has 2 amide bonds. The summed E-state index contributed by atoms with van der Waals surface area (Å²) >= 11 is 5.62. The molecule has 3 aromatic rings. The lowest BCUT2D eigenvalue weighted by Crippen LogP contribution is -2.29. The minimum Gasteiger partial charge on any atom is -0.493 e. The van der Waals surface area contributed by atoms with E-state index in [1.807, 2.05) is 0 Å². The number of nitrogens with two attached hydrogens (primary N) is 1. The standard InChI is InChI=1S/C29H28ClF3N4O4/c1-4-35-24-15-26(40-16-28(34)11-12-28)25(39-3)14-21(24)17(2)41-20-8-5-18(6-9-20)36-27(38)37-19-7-10-23(30)22(13-19)29(31,32)33/h4-10,13-15H,2,11-12,16,34H2,1,3H3,(H2,36,37,38). The van der Waals surface area contributed by atoms with Gasteiger partial charge in [-0.1, -0.05) is 18.2 Å². The molecule has 0 bridgehead atoms. The number of halogens is 4. The lowest BCUT2D eigenvalue weighted by molar-refractivity contribution is -0.137. The molecule has 1 aliphatic rings. The van der Waals surface area contributed by atoms with Crippen molar-refractivity contribution in [1.82, 2.24) is 0 Å². The molecule has 1 saturated carbocycles. The van der Waals surface area contributed by atoms with Crippen LogP contribution in [0.2, 0.25) is 5.02 Å². The fourth-order valence-corrected chi connectivity index (χ4v) is 3.96. The van der Waals surface area contributed by atoms with E-state index in [4.69, 9.17) is 31.5 Å². The smallest absolute Gasteiger partial charge is 0.417 e. The second-order valence-electron chi connectivity index (χ2n) is 9.38. The number of nitrogens with one attached hydrogen (secondary N) is 2. The Morgan fingerprint density at radius 3 is 2.37 bits per heavy atom. The van der Waals surface area contributed by atoms with Crippen molar-refractivity contribution in [3.05, 3.63) is 77.3 Å². The van der Waals surface area contributed by atoms with Crippen molar-refractivity contribution in [2.45, 2.75) is 31.5 Å². The van der Waals surface area contributed by atoms with Gasteiger partial charge in [0.1, 0.15) is 18.1 Å². The molecule has 4 N–H and O–H groups in total. The van der Waals surface area contributed by atoms with Crippen LogP contribution in [0.15, 0.2) is 66.2 Å². The van der Waals surface area contributed by atoms with Gasteiger partial charge in [-0.05, 0) is 68.3 Å². The molecule has 0 unspecified atom stereocenters. The second kappa shape index (κ2) is 12.1. The van der Waals surface area contributed by atoms with Gasteiger partial charge in [0.05, 0.1) is 28.9 Å². The summed E-state index contributed by atoms with van der Waals surface area (Å²) in [5.41, 5.74) is 6.23. The Bertz CT molecular complexity index is 1470. The predicted molar refractivity (Wildman–Crippen MR) is 154 cm³/mol. The van der Waals surface area contributed by atoms with E-state index in [1.165, 1.54) is 13.2 Å². The number of methoxy groups -OCH3 is 1. The fraction of sp³-hybridized carbons (Fsp3) is 0.241. The zero-order valence-corrected chi connectivity index (χ0v) is 23.0. The van der Waals surface area contributed by atoms with E-state index in [0.717, 1.165) is 25.0 Å². The lowest BCUT2D eigenvalue weighted by Gasteiger charge is -2.18. The van der Waals surface area contributed by atoms with Gasteiger partial charge in [0.2, 0.25) is 0 Å². The largest absolute Gasteiger partial charge is 0.493 e. The van der Waals surface area contributed by atoms with Crippen LogP contribution in [0.5, 0.6) is 17.2 Å². The summed E-state index contributed by atoms with van der Waals surface area (Å²) in [5, 5.41) is 4.44. The minimum atomic E-state index is -4.65. The molecule has 0 heterocycles.